The molecule has 0 atom stereocenters. The van der Waals surface area contributed by atoms with E-state index in [1.54, 1.807) is 0 Å². The van der Waals surface area contributed by atoms with Gasteiger partial charge in [0.05, 0.1) is 6.54 Å². The van der Waals surface area contributed by atoms with E-state index in [9.17, 15) is 4.79 Å². The summed E-state index contributed by atoms with van der Waals surface area (Å²) in [5, 5.41) is 0. The van der Waals surface area contributed by atoms with Gasteiger partial charge in [-0.1, -0.05) is 31.5 Å². The molecule has 0 aliphatic heterocycles. The summed E-state index contributed by atoms with van der Waals surface area (Å²) in [6, 6.07) is 6.49. The topological polar surface area (TPSA) is 20.3 Å². The Morgan fingerprint density at radius 1 is 1.16 bits per heavy atom. The first-order valence-electron chi connectivity index (χ1n) is 7.15. The van der Waals surface area contributed by atoms with Crippen molar-refractivity contribution in [3.05, 3.63) is 34.9 Å². The number of rotatable bonds is 6. The van der Waals surface area contributed by atoms with Crippen molar-refractivity contribution in [3.63, 3.8) is 0 Å². The monoisotopic (exact) mass is 261 g/mol. The van der Waals surface area contributed by atoms with Crippen LogP contribution in [0, 0.1) is 19.8 Å². The molecule has 0 N–H and O–H groups in total. The van der Waals surface area contributed by atoms with E-state index >= 15 is 0 Å². The van der Waals surface area contributed by atoms with Crippen molar-refractivity contribution in [1.29, 1.82) is 0 Å². The minimum absolute atomic E-state index is 0.232. The van der Waals surface area contributed by atoms with Crippen molar-refractivity contribution >= 4 is 5.78 Å². The highest BCUT2D eigenvalue weighted by atomic mass is 16.1. The van der Waals surface area contributed by atoms with E-state index < -0.39 is 0 Å². The maximum Gasteiger partial charge on any atom is 0.177 e. The van der Waals surface area contributed by atoms with Gasteiger partial charge >= 0.3 is 0 Å². The molecule has 1 aromatic carbocycles. The lowest BCUT2D eigenvalue weighted by molar-refractivity contribution is 0.0892. The number of carbonyl (C=O) groups is 1. The molecule has 0 aromatic heterocycles. The van der Waals surface area contributed by atoms with Crippen LogP contribution in [0.3, 0.4) is 0 Å². The number of benzene rings is 1. The molecule has 2 heteroatoms. The minimum Gasteiger partial charge on any atom is -0.293 e. The molecule has 0 amide bonds. The fourth-order valence-corrected chi connectivity index (χ4v) is 2.23. The summed E-state index contributed by atoms with van der Waals surface area (Å²) in [5.41, 5.74) is 3.09. The molecule has 0 aliphatic carbocycles. The van der Waals surface area contributed by atoms with E-state index in [2.05, 4.69) is 38.7 Å². The van der Waals surface area contributed by atoms with Gasteiger partial charge in [-0.05, 0) is 45.2 Å². The molecule has 0 radical (unpaired) electrons. The van der Waals surface area contributed by atoms with Gasteiger partial charge in [0.2, 0.25) is 0 Å². The van der Waals surface area contributed by atoms with E-state index in [0.717, 1.165) is 23.2 Å². The molecule has 106 valence electrons. The van der Waals surface area contributed by atoms with Crippen molar-refractivity contribution < 1.29 is 4.79 Å². The Hall–Kier alpha value is -1.15. The van der Waals surface area contributed by atoms with Gasteiger partial charge in [-0.15, -0.1) is 0 Å². The van der Waals surface area contributed by atoms with Crippen molar-refractivity contribution in [2.24, 2.45) is 5.92 Å². The predicted octanol–water partition coefficient (Wildman–Crippen LogP) is 3.85. The number of hydrogen-bond donors (Lipinski definition) is 0. The van der Waals surface area contributed by atoms with E-state index in [-0.39, 0.29) is 5.78 Å². The molecule has 0 saturated carbocycles. The fourth-order valence-electron chi connectivity index (χ4n) is 2.23. The number of aryl methyl sites for hydroxylation is 2. The lowest BCUT2D eigenvalue weighted by atomic mass is 10.0. The van der Waals surface area contributed by atoms with Crippen LogP contribution in [0.15, 0.2) is 18.2 Å². The van der Waals surface area contributed by atoms with Gasteiger partial charge in [0.1, 0.15) is 0 Å². The summed E-state index contributed by atoms with van der Waals surface area (Å²) in [4.78, 5) is 14.7. The van der Waals surface area contributed by atoms with Crippen LogP contribution >= 0.6 is 0 Å². The highest BCUT2D eigenvalue weighted by Crippen LogP contribution is 2.13. The van der Waals surface area contributed by atoms with Gasteiger partial charge in [0, 0.05) is 18.2 Å². The molecule has 0 spiro atoms. The molecular weight excluding hydrogens is 234 g/mol. The van der Waals surface area contributed by atoms with E-state index in [1.165, 1.54) is 0 Å². The number of Topliss-reactive ketones (excluding diaryl/α,β-unsaturated/α-hetero) is 1. The van der Waals surface area contributed by atoms with Crippen LogP contribution in [-0.2, 0) is 0 Å². The van der Waals surface area contributed by atoms with Gasteiger partial charge in [0.15, 0.2) is 5.78 Å². The molecular formula is C17H27NO. The smallest absolute Gasteiger partial charge is 0.177 e. The van der Waals surface area contributed by atoms with E-state index in [4.69, 9.17) is 0 Å². The molecule has 1 aromatic rings. The zero-order chi connectivity index (χ0) is 14.6. The molecule has 2 nitrogen and oxygen atoms in total. The molecule has 0 aliphatic rings. The molecule has 19 heavy (non-hydrogen) atoms. The van der Waals surface area contributed by atoms with Gasteiger partial charge in [-0.3, -0.25) is 9.69 Å². The number of carbonyl (C=O) groups excluding carboxylic acids is 1. The van der Waals surface area contributed by atoms with Crippen LogP contribution in [-0.4, -0.2) is 29.8 Å². The molecule has 1 rings (SSSR count). The standard InChI is InChI=1S/C17H27NO/c1-12(2)10-18(13(3)4)11-17(19)16-9-14(5)7-8-15(16)6/h7-9,12-13H,10-11H2,1-6H3. The second-order valence-corrected chi connectivity index (χ2v) is 6.16. The first kappa shape index (κ1) is 15.9. The van der Waals surface area contributed by atoms with Gasteiger partial charge in [-0.25, -0.2) is 0 Å². The number of hydrogen-bond acceptors (Lipinski definition) is 2. The molecule has 0 heterocycles. The normalized spacial score (nSPS) is 11.6. The van der Waals surface area contributed by atoms with Gasteiger partial charge in [0.25, 0.3) is 0 Å². The largest absolute Gasteiger partial charge is 0.293 e. The maximum atomic E-state index is 12.5. The molecule has 0 fully saturated rings. The Morgan fingerprint density at radius 3 is 2.32 bits per heavy atom. The highest BCUT2D eigenvalue weighted by molar-refractivity contribution is 5.99. The fraction of sp³-hybridized carbons (Fsp3) is 0.588. The first-order valence-corrected chi connectivity index (χ1v) is 7.15. The summed E-state index contributed by atoms with van der Waals surface area (Å²) < 4.78 is 0. The van der Waals surface area contributed by atoms with E-state index in [0.29, 0.717) is 18.5 Å². The van der Waals surface area contributed by atoms with Crippen LogP contribution in [0.4, 0.5) is 0 Å². The average Bonchev–Trinajstić information content (AvgIpc) is 2.30. The summed E-state index contributed by atoms with van der Waals surface area (Å²) in [6.07, 6.45) is 0. The van der Waals surface area contributed by atoms with E-state index in [1.807, 2.05) is 26.0 Å². The third-order valence-corrected chi connectivity index (χ3v) is 3.37. The molecule has 0 saturated heterocycles. The van der Waals surface area contributed by atoms with Crippen molar-refractivity contribution in [2.45, 2.75) is 47.6 Å². The summed E-state index contributed by atoms with van der Waals surface area (Å²) in [7, 11) is 0. The van der Waals surface area contributed by atoms with Crippen molar-refractivity contribution in [1.82, 2.24) is 4.90 Å². The third-order valence-electron chi connectivity index (χ3n) is 3.37. The van der Waals surface area contributed by atoms with Crippen LogP contribution in [0.2, 0.25) is 0 Å². The Morgan fingerprint density at radius 2 is 1.79 bits per heavy atom. The lowest BCUT2D eigenvalue weighted by Crippen LogP contribution is -2.38. The lowest BCUT2D eigenvalue weighted by Gasteiger charge is -2.27. The Kier molecular flexibility index (Phi) is 5.74. The summed E-state index contributed by atoms with van der Waals surface area (Å²) in [6.45, 7) is 14.2. The van der Waals surface area contributed by atoms with Crippen molar-refractivity contribution in [2.75, 3.05) is 13.1 Å². The van der Waals surface area contributed by atoms with Gasteiger partial charge in [-0.2, -0.15) is 0 Å². The second kappa shape index (κ2) is 6.85. The Bertz CT molecular complexity index is 435. The predicted molar refractivity (Wildman–Crippen MR) is 81.8 cm³/mol. The number of ketones is 1. The highest BCUT2D eigenvalue weighted by Gasteiger charge is 2.17. The summed E-state index contributed by atoms with van der Waals surface area (Å²) >= 11 is 0. The van der Waals surface area contributed by atoms with Crippen LogP contribution in [0.5, 0.6) is 0 Å². The zero-order valence-corrected chi connectivity index (χ0v) is 13.2. The number of nitrogens with zero attached hydrogens (tertiary/aromatic N) is 1. The van der Waals surface area contributed by atoms with Gasteiger partial charge < -0.3 is 0 Å². The van der Waals surface area contributed by atoms with Crippen LogP contribution in [0.1, 0.15) is 49.2 Å². The third kappa shape index (κ3) is 4.79. The maximum absolute atomic E-state index is 12.5. The Labute approximate surface area is 117 Å². The second-order valence-electron chi connectivity index (χ2n) is 6.16. The van der Waals surface area contributed by atoms with Crippen LogP contribution < -0.4 is 0 Å². The Balaban J connectivity index is 2.84. The quantitative estimate of drug-likeness (QED) is 0.725. The first-order chi connectivity index (χ1) is 8.81. The van der Waals surface area contributed by atoms with Crippen molar-refractivity contribution in [3.8, 4) is 0 Å². The SMILES string of the molecule is Cc1ccc(C)c(C(=O)CN(CC(C)C)C(C)C)c1. The zero-order valence-electron chi connectivity index (χ0n) is 13.2. The average molecular weight is 261 g/mol. The van der Waals surface area contributed by atoms with Crippen LogP contribution in [0.25, 0.3) is 0 Å². The minimum atomic E-state index is 0.232. The molecule has 0 bridgehead atoms. The molecule has 0 unspecified atom stereocenters. The summed E-state index contributed by atoms with van der Waals surface area (Å²) in [5.74, 6) is 0.810.